The summed E-state index contributed by atoms with van der Waals surface area (Å²) < 4.78 is 0. The highest BCUT2D eigenvalue weighted by Crippen LogP contribution is 2.31. The van der Waals surface area contributed by atoms with Crippen LogP contribution in [0.2, 0.25) is 0 Å². The number of rotatable bonds is 7. The number of carbonyl (C=O) groups is 2. The number of carbonyl (C=O) groups excluding carboxylic acids is 2. The van der Waals surface area contributed by atoms with E-state index in [4.69, 9.17) is 5.73 Å². The van der Waals surface area contributed by atoms with E-state index in [9.17, 15) is 9.59 Å². The molecule has 5 heteroatoms. The number of hydrogen-bond acceptors (Lipinski definition) is 4. The van der Waals surface area contributed by atoms with Gasteiger partial charge in [-0.15, -0.1) is 0 Å². The number of amides is 1. The molecular weight excluding hydrogens is 422 g/mol. The maximum atomic E-state index is 13.1. The number of nitrogens with two attached hydrogens (primary N) is 1. The van der Waals surface area contributed by atoms with Crippen LogP contribution in [-0.2, 0) is 17.6 Å². The zero-order valence-corrected chi connectivity index (χ0v) is 20.2. The van der Waals surface area contributed by atoms with Crippen LogP contribution in [0.4, 0.5) is 5.69 Å². The summed E-state index contributed by atoms with van der Waals surface area (Å²) in [4.78, 5) is 24.8. The summed E-state index contributed by atoms with van der Waals surface area (Å²) in [7, 11) is 0. The van der Waals surface area contributed by atoms with Gasteiger partial charge in [0.05, 0.1) is 12.1 Å². The normalized spacial score (nSPS) is 15.7. The van der Waals surface area contributed by atoms with Crippen molar-refractivity contribution in [3.05, 3.63) is 99.6 Å². The highest BCUT2D eigenvalue weighted by atomic mass is 16.2. The molecule has 0 aliphatic carbocycles. The quantitative estimate of drug-likeness (QED) is 0.453. The van der Waals surface area contributed by atoms with Gasteiger partial charge in [0, 0.05) is 17.8 Å². The van der Waals surface area contributed by atoms with E-state index in [1.807, 2.05) is 32.0 Å². The van der Waals surface area contributed by atoms with E-state index in [1.54, 1.807) is 6.92 Å². The Labute approximate surface area is 201 Å². The first-order valence-corrected chi connectivity index (χ1v) is 11.9. The number of ketones is 1. The van der Waals surface area contributed by atoms with Crippen molar-refractivity contribution in [2.75, 3.05) is 11.9 Å². The third-order valence-electron chi connectivity index (χ3n) is 6.67. The first-order valence-electron chi connectivity index (χ1n) is 11.9. The second-order valence-corrected chi connectivity index (χ2v) is 9.32. The smallest absolute Gasteiger partial charge is 0.237 e. The molecule has 4 N–H and O–H groups in total. The first kappa shape index (κ1) is 23.7. The largest absolute Gasteiger partial charge is 0.385 e. The summed E-state index contributed by atoms with van der Waals surface area (Å²) in [5, 5.41) is 6.64. The minimum absolute atomic E-state index is 0.0380. The molecule has 1 aliphatic rings. The van der Waals surface area contributed by atoms with Gasteiger partial charge in [0.1, 0.15) is 0 Å². The van der Waals surface area contributed by atoms with Gasteiger partial charge in [-0.1, -0.05) is 42.5 Å². The molecule has 1 amide bonds. The Bertz CT molecular complexity index is 1180. The molecule has 3 aromatic carbocycles. The summed E-state index contributed by atoms with van der Waals surface area (Å²) in [5.41, 5.74) is 14.7. The second-order valence-electron chi connectivity index (χ2n) is 9.32. The van der Waals surface area contributed by atoms with E-state index in [2.05, 4.69) is 53.1 Å². The van der Waals surface area contributed by atoms with E-state index in [1.165, 1.54) is 11.1 Å². The number of anilines is 1. The molecule has 5 nitrogen and oxygen atoms in total. The lowest BCUT2D eigenvalue weighted by Crippen LogP contribution is -2.44. The molecule has 0 aromatic heterocycles. The van der Waals surface area contributed by atoms with Crippen molar-refractivity contribution < 1.29 is 9.59 Å². The number of fused-ring (bicyclic) bond motifs is 1. The second kappa shape index (κ2) is 10.2. The van der Waals surface area contributed by atoms with Crippen molar-refractivity contribution >= 4 is 17.4 Å². The molecule has 4 rings (SSSR count). The van der Waals surface area contributed by atoms with E-state index in [-0.39, 0.29) is 17.7 Å². The lowest BCUT2D eigenvalue weighted by Gasteiger charge is -2.29. The van der Waals surface area contributed by atoms with Gasteiger partial charge in [-0.25, -0.2) is 0 Å². The highest BCUT2D eigenvalue weighted by Gasteiger charge is 2.25. The Morgan fingerprint density at radius 2 is 1.74 bits per heavy atom. The molecule has 1 aliphatic heterocycles. The fourth-order valence-corrected chi connectivity index (χ4v) is 4.77. The van der Waals surface area contributed by atoms with Gasteiger partial charge < -0.3 is 16.4 Å². The van der Waals surface area contributed by atoms with Crippen LogP contribution in [-0.4, -0.2) is 24.3 Å². The summed E-state index contributed by atoms with van der Waals surface area (Å²) in [6.07, 6.45) is 2.10. The van der Waals surface area contributed by atoms with E-state index in [0.29, 0.717) is 12.0 Å². The standard InChI is InChI=1S/C29H33N3O2/c1-18-13-23(20(3)33)14-19(2)24(18)17-26(30)29(34)32-28-11-12-31-27-10-9-22(16-25(27)28)15-21-7-5-4-6-8-21/h4-10,13-14,16,26,28,31H,11-12,15,17,30H2,1-3H3,(H,32,34). The van der Waals surface area contributed by atoms with Crippen LogP contribution in [0.1, 0.15) is 63.1 Å². The van der Waals surface area contributed by atoms with Crippen LogP contribution in [0.5, 0.6) is 0 Å². The van der Waals surface area contributed by atoms with Crippen molar-refractivity contribution in [3.8, 4) is 0 Å². The number of Topliss-reactive ketones (excluding diaryl/α,β-unsaturated/α-hetero) is 1. The van der Waals surface area contributed by atoms with Crippen LogP contribution in [0.3, 0.4) is 0 Å². The topological polar surface area (TPSA) is 84.2 Å². The Kier molecular flexibility index (Phi) is 7.13. The minimum Gasteiger partial charge on any atom is -0.385 e. The maximum absolute atomic E-state index is 13.1. The van der Waals surface area contributed by atoms with Crippen LogP contribution in [0, 0.1) is 13.8 Å². The summed E-state index contributed by atoms with van der Waals surface area (Å²) >= 11 is 0. The van der Waals surface area contributed by atoms with Crippen LogP contribution in [0.25, 0.3) is 0 Å². The summed E-state index contributed by atoms with van der Waals surface area (Å²) in [6.45, 7) is 6.30. The Morgan fingerprint density at radius 1 is 1.03 bits per heavy atom. The Hall–Kier alpha value is -3.44. The predicted octanol–water partition coefficient (Wildman–Crippen LogP) is 4.64. The van der Waals surface area contributed by atoms with Gasteiger partial charge in [-0.2, -0.15) is 0 Å². The van der Waals surface area contributed by atoms with Gasteiger partial charge >= 0.3 is 0 Å². The number of nitrogens with one attached hydrogen (secondary N) is 2. The van der Waals surface area contributed by atoms with E-state index < -0.39 is 6.04 Å². The number of hydrogen-bond donors (Lipinski definition) is 3. The Balaban J connectivity index is 1.48. The molecule has 2 atom stereocenters. The first-order chi connectivity index (χ1) is 16.3. The fraction of sp³-hybridized carbons (Fsp3) is 0.310. The van der Waals surface area contributed by atoms with Crippen LogP contribution < -0.4 is 16.4 Å². The lowest BCUT2D eigenvalue weighted by molar-refractivity contribution is -0.123. The highest BCUT2D eigenvalue weighted by molar-refractivity contribution is 5.94. The third-order valence-corrected chi connectivity index (χ3v) is 6.67. The Morgan fingerprint density at radius 3 is 2.41 bits per heavy atom. The molecule has 176 valence electrons. The molecule has 34 heavy (non-hydrogen) atoms. The molecule has 0 spiro atoms. The number of aryl methyl sites for hydroxylation is 2. The molecule has 1 heterocycles. The predicted molar refractivity (Wildman–Crippen MR) is 137 cm³/mol. The van der Waals surface area contributed by atoms with E-state index in [0.717, 1.165) is 47.3 Å². The number of benzene rings is 3. The van der Waals surface area contributed by atoms with Crippen LogP contribution >= 0.6 is 0 Å². The van der Waals surface area contributed by atoms with E-state index >= 15 is 0 Å². The average Bonchev–Trinajstić information content (AvgIpc) is 2.82. The van der Waals surface area contributed by atoms with Crippen molar-refractivity contribution in [2.24, 2.45) is 5.73 Å². The summed E-state index contributed by atoms with van der Waals surface area (Å²) in [5.74, 6) is -0.114. The molecule has 0 saturated carbocycles. The van der Waals surface area contributed by atoms with Gasteiger partial charge in [0.2, 0.25) is 5.91 Å². The van der Waals surface area contributed by atoms with Gasteiger partial charge in [0.15, 0.2) is 5.78 Å². The molecule has 0 fully saturated rings. The average molecular weight is 456 g/mol. The molecule has 2 unspecified atom stereocenters. The maximum Gasteiger partial charge on any atom is 0.237 e. The molecule has 0 bridgehead atoms. The monoisotopic (exact) mass is 455 g/mol. The fourth-order valence-electron chi connectivity index (χ4n) is 4.77. The van der Waals surface area contributed by atoms with Crippen molar-refractivity contribution in [2.45, 2.75) is 52.1 Å². The van der Waals surface area contributed by atoms with Crippen LogP contribution in [0.15, 0.2) is 60.7 Å². The zero-order valence-electron chi connectivity index (χ0n) is 20.2. The molecule has 3 aromatic rings. The van der Waals surface area contributed by atoms with Gasteiger partial charge in [-0.05, 0) is 91.6 Å². The summed E-state index contributed by atoms with van der Waals surface area (Å²) in [6, 6.07) is 19.9. The van der Waals surface area contributed by atoms with Gasteiger partial charge in [-0.3, -0.25) is 9.59 Å². The van der Waals surface area contributed by atoms with Crippen molar-refractivity contribution in [3.63, 3.8) is 0 Å². The molecule has 0 saturated heterocycles. The molecule has 0 radical (unpaired) electrons. The van der Waals surface area contributed by atoms with Crippen molar-refractivity contribution in [1.29, 1.82) is 0 Å². The third kappa shape index (κ3) is 5.37. The zero-order chi connectivity index (χ0) is 24.2. The molecular formula is C29H33N3O2. The van der Waals surface area contributed by atoms with Gasteiger partial charge in [0.25, 0.3) is 0 Å². The minimum atomic E-state index is -0.661. The van der Waals surface area contributed by atoms with Crippen molar-refractivity contribution in [1.82, 2.24) is 5.32 Å². The SMILES string of the molecule is CC(=O)c1cc(C)c(CC(N)C(=O)NC2CCNc3ccc(Cc4ccccc4)cc32)c(C)c1. The lowest BCUT2D eigenvalue weighted by atomic mass is 9.92.